The van der Waals surface area contributed by atoms with Gasteiger partial charge in [0, 0.05) is 13.2 Å². The predicted molar refractivity (Wildman–Crippen MR) is 71.0 cm³/mol. The van der Waals surface area contributed by atoms with Gasteiger partial charge in [0.2, 0.25) is 0 Å². The summed E-state index contributed by atoms with van der Waals surface area (Å²) in [6.07, 6.45) is 2.95. The number of sulfonamides is 1. The third kappa shape index (κ3) is 2.58. The fraction of sp³-hybridized carbons (Fsp3) is 0.154. The molecule has 1 aromatic heterocycles. The minimum atomic E-state index is -3.93. The lowest BCUT2D eigenvalue weighted by Gasteiger charge is -2.19. The molecule has 19 heavy (non-hydrogen) atoms. The second-order valence-corrected chi connectivity index (χ2v) is 6.06. The van der Waals surface area contributed by atoms with Gasteiger partial charge < -0.3 is 0 Å². The highest BCUT2D eigenvalue weighted by atomic mass is 32.2. The number of hydrogen-bond donors (Lipinski definition) is 0. The van der Waals surface area contributed by atoms with E-state index in [1.165, 1.54) is 31.6 Å². The minimum absolute atomic E-state index is 0.334. The van der Waals surface area contributed by atoms with Gasteiger partial charge in [0.1, 0.15) is 10.7 Å². The van der Waals surface area contributed by atoms with Crippen LogP contribution < -0.4 is 4.31 Å². The van der Waals surface area contributed by atoms with Crippen molar-refractivity contribution >= 4 is 15.7 Å². The molecular formula is C13H13FN2O2S. The molecule has 0 aliphatic carbocycles. The Bertz CT molecular complexity index is 687. The highest BCUT2D eigenvalue weighted by Crippen LogP contribution is 2.23. The average molecular weight is 280 g/mol. The number of rotatable bonds is 3. The summed E-state index contributed by atoms with van der Waals surface area (Å²) in [5.74, 6) is -0.763. The number of benzene rings is 1. The summed E-state index contributed by atoms with van der Waals surface area (Å²) in [4.78, 5) is 3.52. The van der Waals surface area contributed by atoms with Crippen LogP contribution in [0.25, 0.3) is 0 Å². The van der Waals surface area contributed by atoms with Gasteiger partial charge in [0.05, 0.1) is 11.9 Å². The first kappa shape index (κ1) is 13.5. The zero-order valence-corrected chi connectivity index (χ0v) is 11.4. The fourth-order valence-corrected chi connectivity index (χ4v) is 2.96. The Morgan fingerprint density at radius 3 is 2.63 bits per heavy atom. The predicted octanol–water partition coefficient (Wildman–Crippen LogP) is 2.35. The lowest BCUT2D eigenvalue weighted by Crippen LogP contribution is -2.27. The Kier molecular flexibility index (Phi) is 3.53. The van der Waals surface area contributed by atoms with Crippen molar-refractivity contribution in [1.29, 1.82) is 0 Å². The molecule has 0 radical (unpaired) electrons. The van der Waals surface area contributed by atoms with E-state index in [0.717, 1.165) is 10.4 Å². The van der Waals surface area contributed by atoms with Crippen molar-refractivity contribution in [3.63, 3.8) is 0 Å². The van der Waals surface area contributed by atoms with Crippen molar-refractivity contribution in [2.24, 2.45) is 0 Å². The lowest BCUT2D eigenvalue weighted by molar-refractivity contribution is 0.565. The molecule has 0 bridgehead atoms. The average Bonchev–Trinajstić information content (AvgIpc) is 2.41. The van der Waals surface area contributed by atoms with Gasteiger partial charge in [0.25, 0.3) is 10.0 Å². The maximum absolute atomic E-state index is 13.7. The van der Waals surface area contributed by atoms with Crippen molar-refractivity contribution < 1.29 is 12.8 Å². The molecule has 2 rings (SSSR count). The number of halogens is 1. The van der Waals surface area contributed by atoms with Gasteiger partial charge in [-0.2, -0.15) is 0 Å². The van der Waals surface area contributed by atoms with Crippen LogP contribution in [-0.4, -0.2) is 20.4 Å². The zero-order valence-electron chi connectivity index (χ0n) is 10.5. The molecule has 6 heteroatoms. The van der Waals surface area contributed by atoms with E-state index in [0.29, 0.717) is 11.3 Å². The molecule has 100 valence electrons. The minimum Gasteiger partial charge on any atom is -0.268 e. The van der Waals surface area contributed by atoms with Gasteiger partial charge in [-0.25, -0.2) is 12.8 Å². The summed E-state index contributed by atoms with van der Waals surface area (Å²) in [6.45, 7) is 1.71. The Hall–Kier alpha value is -1.95. The van der Waals surface area contributed by atoms with E-state index in [1.54, 1.807) is 19.1 Å². The number of hydrogen-bond acceptors (Lipinski definition) is 3. The summed E-state index contributed by atoms with van der Waals surface area (Å²) in [6, 6.07) is 7.21. The SMILES string of the molecule is Cc1ccc(F)c(S(=O)(=O)N(C)c2cccnc2)c1. The standard InChI is InChI=1S/C13H13FN2O2S/c1-10-5-6-12(14)13(8-10)19(17,18)16(2)11-4-3-7-15-9-11/h3-9H,1-2H3. The van der Waals surface area contributed by atoms with E-state index in [-0.39, 0.29) is 4.90 Å². The fourth-order valence-electron chi connectivity index (χ4n) is 1.63. The first-order valence-electron chi connectivity index (χ1n) is 5.58. The number of anilines is 1. The molecule has 0 aliphatic heterocycles. The quantitative estimate of drug-likeness (QED) is 0.867. The molecular weight excluding hydrogens is 267 g/mol. The molecule has 0 aliphatic rings. The van der Waals surface area contributed by atoms with E-state index in [9.17, 15) is 12.8 Å². The molecule has 0 spiro atoms. The van der Waals surface area contributed by atoms with E-state index < -0.39 is 15.8 Å². The molecule has 0 saturated heterocycles. The monoisotopic (exact) mass is 280 g/mol. The molecule has 0 saturated carbocycles. The Labute approximate surface area is 111 Å². The molecule has 1 heterocycles. The van der Waals surface area contributed by atoms with Gasteiger partial charge in [-0.3, -0.25) is 9.29 Å². The Morgan fingerprint density at radius 2 is 2.00 bits per heavy atom. The highest BCUT2D eigenvalue weighted by Gasteiger charge is 2.25. The van der Waals surface area contributed by atoms with E-state index >= 15 is 0 Å². The van der Waals surface area contributed by atoms with Crippen molar-refractivity contribution in [2.75, 3.05) is 11.4 Å². The maximum Gasteiger partial charge on any atom is 0.267 e. The zero-order chi connectivity index (χ0) is 14.0. The first-order chi connectivity index (χ1) is 8.93. The summed E-state index contributed by atoms with van der Waals surface area (Å²) in [7, 11) is -2.56. The van der Waals surface area contributed by atoms with E-state index in [1.807, 2.05) is 0 Å². The van der Waals surface area contributed by atoms with E-state index in [2.05, 4.69) is 4.98 Å². The second kappa shape index (κ2) is 4.97. The third-order valence-electron chi connectivity index (χ3n) is 2.73. The van der Waals surface area contributed by atoms with Crippen LogP contribution in [0.5, 0.6) is 0 Å². The molecule has 4 nitrogen and oxygen atoms in total. The second-order valence-electron chi connectivity index (χ2n) is 4.12. The summed E-state index contributed by atoms with van der Waals surface area (Å²) in [5, 5.41) is 0. The molecule has 1 aromatic carbocycles. The van der Waals surface area contributed by atoms with Crippen LogP contribution in [0, 0.1) is 12.7 Å². The summed E-state index contributed by atoms with van der Waals surface area (Å²) in [5.41, 5.74) is 1.06. The van der Waals surface area contributed by atoms with Gasteiger partial charge in [0.15, 0.2) is 0 Å². The van der Waals surface area contributed by atoms with Gasteiger partial charge >= 0.3 is 0 Å². The van der Waals surface area contributed by atoms with Crippen molar-refractivity contribution in [3.8, 4) is 0 Å². The number of aryl methyl sites for hydroxylation is 1. The van der Waals surface area contributed by atoms with E-state index in [4.69, 9.17) is 0 Å². The molecule has 0 N–H and O–H groups in total. The normalized spacial score (nSPS) is 11.3. The number of pyridine rings is 1. The largest absolute Gasteiger partial charge is 0.268 e. The summed E-state index contributed by atoms with van der Waals surface area (Å²) < 4.78 is 39.5. The lowest BCUT2D eigenvalue weighted by atomic mass is 10.2. The van der Waals surface area contributed by atoms with Crippen molar-refractivity contribution in [2.45, 2.75) is 11.8 Å². The van der Waals surface area contributed by atoms with Crippen LogP contribution in [0.4, 0.5) is 10.1 Å². The van der Waals surface area contributed by atoms with Crippen molar-refractivity contribution in [3.05, 3.63) is 54.1 Å². The highest BCUT2D eigenvalue weighted by molar-refractivity contribution is 7.92. The Balaban J connectivity index is 2.51. The molecule has 0 atom stereocenters. The topological polar surface area (TPSA) is 50.3 Å². The molecule has 0 fully saturated rings. The maximum atomic E-state index is 13.7. The molecule has 0 amide bonds. The van der Waals surface area contributed by atoms with Crippen LogP contribution in [0.2, 0.25) is 0 Å². The van der Waals surface area contributed by atoms with Gasteiger partial charge in [-0.05, 0) is 36.8 Å². The Morgan fingerprint density at radius 1 is 1.26 bits per heavy atom. The number of aromatic nitrogens is 1. The smallest absolute Gasteiger partial charge is 0.267 e. The van der Waals surface area contributed by atoms with Crippen LogP contribution in [-0.2, 0) is 10.0 Å². The van der Waals surface area contributed by atoms with Crippen molar-refractivity contribution in [1.82, 2.24) is 4.98 Å². The third-order valence-corrected chi connectivity index (χ3v) is 4.54. The first-order valence-corrected chi connectivity index (χ1v) is 7.02. The van der Waals surface area contributed by atoms with Gasteiger partial charge in [-0.15, -0.1) is 0 Å². The van der Waals surface area contributed by atoms with Crippen LogP contribution in [0.15, 0.2) is 47.6 Å². The molecule has 0 unspecified atom stereocenters. The van der Waals surface area contributed by atoms with Crippen LogP contribution in [0.3, 0.4) is 0 Å². The molecule has 2 aromatic rings. The van der Waals surface area contributed by atoms with Crippen LogP contribution >= 0.6 is 0 Å². The van der Waals surface area contributed by atoms with Gasteiger partial charge in [-0.1, -0.05) is 6.07 Å². The number of nitrogens with zero attached hydrogens (tertiary/aromatic N) is 2. The summed E-state index contributed by atoms with van der Waals surface area (Å²) >= 11 is 0. The van der Waals surface area contributed by atoms with Crippen LogP contribution in [0.1, 0.15) is 5.56 Å².